The fourth-order valence-electron chi connectivity index (χ4n) is 2.89. The Morgan fingerprint density at radius 2 is 1.82 bits per heavy atom. The smallest absolute Gasteiger partial charge is 0.241 e. The lowest BCUT2D eigenvalue weighted by atomic mass is 10.0. The molecule has 0 unspecified atom stereocenters. The number of anilines is 1. The van der Waals surface area contributed by atoms with Gasteiger partial charge in [-0.3, -0.25) is 9.10 Å². The molecular formula is C21H28N2O4S. The highest BCUT2D eigenvalue weighted by Crippen LogP contribution is 2.23. The molecule has 28 heavy (non-hydrogen) atoms. The second-order valence-corrected chi connectivity index (χ2v) is 8.55. The van der Waals surface area contributed by atoms with Gasteiger partial charge in [0.15, 0.2) is 0 Å². The van der Waals surface area contributed by atoms with Gasteiger partial charge >= 0.3 is 0 Å². The van der Waals surface area contributed by atoms with Crippen LogP contribution >= 0.6 is 0 Å². The lowest BCUT2D eigenvalue weighted by Gasteiger charge is -2.24. The van der Waals surface area contributed by atoms with Crippen molar-refractivity contribution in [1.29, 1.82) is 0 Å². The Bertz CT molecular complexity index is 895. The van der Waals surface area contributed by atoms with E-state index in [4.69, 9.17) is 4.74 Å². The fourth-order valence-corrected chi connectivity index (χ4v) is 3.73. The van der Waals surface area contributed by atoms with Crippen LogP contribution < -0.4 is 14.4 Å². The molecule has 6 nitrogen and oxygen atoms in total. The van der Waals surface area contributed by atoms with Crippen LogP contribution in [0.15, 0.2) is 48.5 Å². The van der Waals surface area contributed by atoms with Crippen LogP contribution in [-0.2, 0) is 14.8 Å². The number of hydrogen-bond acceptors (Lipinski definition) is 4. The van der Waals surface area contributed by atoms with Crippen molar-refractivity contribution in [2.24, 2.45) is 0 Å². The molecule has 0 aromatic heterocycles. The van der Waals surface area contributed by atoms with Crippen molar-refractivity contribution < 1.29 is 17.9 Å². The van der Waals surface area contributed by atoms with Crippen LogP contribution in [0.25, 0.3) is 0 Å². The van der Waals surface area contributed by atoms with E-state index in [2.05, 4.69) is 5.32 Å². The summed E-state index contributed by atoms with van der Waals surface area (Å²) in [5.74, 6) is 0.194. The molecule has 152 valence electrons. The Balaban J connectivity index is 2.19. The topological polar surface area (TPSA) is 75.7 Å². The molecule has 2 aromatic carbocycles. The first-order valence-electron chi connectivity index (χ1n) is 9.31. The molecule has 0 heterocycles. The van der Waals surface area contributed by atoms with Crippen molar-refractivity contribution in [3.05, 3.63) is 59.7 Å². The molecule has 1 amide bonds. The standard InChI is InChI=1S/C21H28N2O4S/c1-5-20(17-12-10-16(3)11-13-17)22-21(24)15-23(28(4,25)26)18-8-7-9-19(14-18)27-6-2/h7-14,20H,5-6,15H2,1-4H3,(H,22,24)/t20-/m1/s1. The van der Waals surface area contributed by atoms with E-state index in [-0.39, 0.29) is 18.5 Å². The molecule has 0 radical (unpaired) electrons. The number of carbonyl (C=O) groups is 1. The Labute approximate surface area is 167 Å². The Morgan fingerprint density at radius 3 is 2.39 bits per heavy atom. The number of ether oxygens (including phenoxy) is 1. The van der Waals surface area contributed by atoms with Gasteiger partial charge in [-0.25, -0.2) is 8.42 Å². The molecule has 0 aliphatic carbocycles. The number of nitrogens with one attached hydrogen (secondary N) is 1. The average molecular weight is 405 g/mol. The predicted octanol–water partition coefficient (Wildman–Crippen LogP) is 3.43. The number of hydrogen-bond donors (Lipinski definition) is 1. The second kappa shape index (κ2) is 9.59. The van der Waals surface area contributed by atoms with Gasteiger partial charge < -0.3 is 10.1 Å². The number of aryl methyl sites for hydroxylation is 1. The molecule has 0 spiro atoms. The lowest BCUT2D eigenvalue weighted by molar-refractivity contribution is -0.120. The summed E-state index contributed by atoms with van der Waals surface area (Å²) in [6, 6.07) is 14.5. The minimum atomic E-state index is -3.64. The monoisotopic (exact) mass is 404 g/mol. The first kappa shape index (κ1) is 21.8. The van der Waals surface area contributed by atoms with E-state index >= 15 is 0 Å². The number of sulfonamides is 1. The first-order valence-corrected chi connectivity index (χ1v) is 11.2. The number of amides is 1. The van der Waals surface area contributed by atoms with Crippen molar-refractivity contribution in [3.8, 4) is 5.75 Å². The molecule has 1 atom stereocenters. The lowest BCUT2D eigenvalue weighted by Crippen LogP contribution is -2.41. The van der Waals surface area contributed by atoms with Gasteiger partial charge in [0, 0.05) is 6.07 Å². The number of rotatable bonds is 9. The van der Waals surface area contributed by atoms with E-state index < -0.39 is 10.0 Å². The van der Waals surface area contributed by atoms with E-state index in [1.54, 1.807) is 24.3 Å². The summed E-state index contributed by atoms with van der Waals surface area (Å²) >= 11 is 0. The van der Waals surface area contributed by atoms with Crippen molar-refractivity contribution in [3.63, 3.8) is 0 Å². The van der Waals surface area contributed by atoms with Gasteiger partial charge in [-0.1, -0.05) is 42.8 Å². The summed E-state index contributed by atoms with van der Waals surface area (Å²) in [6.07, 6.45) is 1.79. The van der Waals surface area contributed by atoms with Gasteiger partial charge in [-0.05, 0) is 38.0 Å². The molecule has 0 aliphatic heterocycles. The van der Waals surface area contributed by atoms with Gasteiger partial charge in [-0.15, -0.1) is 0 Å². The van der Waals surface area contributed by atoms with Gasteiger partial charge in [0.2, 0.25) is 15.9 Å². The van der Waals surface area contributed by atoms with E-state index in [9.17, 15) is 13.2 Å². The molecule has 0 bridgehead atoms. The molecule has 2 aromatic rings. The second-order valence-electron chi connectivity index (χ2n) is 6.64. The quantitative estimate of drug-likeness (QED) is 0.695. The highest BCUT2D eigenvalue weighted by molar-refractivity contribution is 7.92. The summed E-state index contributed by atoms with van der Waals surface area (Å²) in [7, 11) is -3.64. The summed E-state index contributed by atoms with van der Waals surface area (Å²) in [6.45, 7) is 6.01. The van der Waals surface area contributed by atoms with Gasteiger partial charge in [0.05, 0.1) is 24.6 Å². The predicted molar refractivity (Wildman–Crippen MR) is 112 cm³/mol. The van der Waals surface area contributed by atoms with Crippen molar-refractivity contribution in [2.75, 3.05) is 23.7 Å². The van der Waals surface area contributed by atoms with Crippen LogP contribution in [0, 0.1) is 6.92 Å². The Hall–Kier alpha value is -2.54. The summed E-state index contributed by atoms with van der Waals surface area (Å²) in [5, 5.41) is 2.94. The average Bonchev–Trinajstić information content (AvgIpc) is 2.64. The van der Waals surface area contributed by atoms with Crippen molar-refractivity contribution >= 4 is 21.6 Å². The zero-order valence-electron chi connectivity index (χ0n) is 16.8. The maximum absolute atomic E-state index is 12.6. The highest BCUT2D eigenvalue weighted by atomic mass is 32.2. The summed E-state index contributed by atoms with van der Waals surface area (Å²) < 4.78 is 31.1. The van der Waals surface area contributed by atoms with Gasteiger partial charge in [0.25, 0.3) is 0 Å². The minimum absolute atomic E-state index is 0.177. The van der Waals surface area contributed by atoms with E-state index in [1.807, 2.05) is 45.0 Å². The summed E-state index contributed by atoms with van der Waals surface area (Å²) in [5.41, 5.74) is 2.53. The third-order valence-electron chi connectivity index (χ3n) is 4.33. The van der Waals surface area contributed by atoms with Gasteiger partial charge in [-0.2, -0.15) is 0 Å². The minimum Gasteiger partial charge on any atom is -0.494 e. The third-order valence-corrected chi connectivity index (χ3v) is 5.47. The van der Waals surface area contributed by atoms with E-state index in [0.717, 1.165) is 21.7 Å². The maximum atomic E-state index is 12.6. The number of carbonyl (C=O) groups excluding carboxylic acids is 1. The normalized spacial score (nSPS) is 12.3. The van der Waals surface area contributed by atoms with Crippen LogP contribution in [-0.4, -0.2) is 33.7 Å². The van der Waals surface area contributed by atoms with Crippen LogP contribution in [0.3, 0.4) is 0 Å². The van der Waals surface area contributed by atoms with E-state index in [0.29, 0.717) is 24.5 Å². The number of benzene rings is 2. The van der Waals surface area contributed by atoms with Crippen LogP contribution in [0.4, 0.5) is 5.69 Å². The van der Waals surface area contributed by atoms with Crippen LogP contribution in [0.1, 0.15) is 37.4 Å². The third kappa shape index (κ3) is 5.99. The largest absolute Gasteiger partial charge is 0.494 e. The van der Waals surface area contributed by atoms with E-state index in [1.165, 1.54) is 0 Å². The molecule has 0 aliphatic rings. The highest BCUT2D eigenvalue weighted by Gasteiger charge is 2.23. The summed E-state index contributed by atoms with van der Waals surface area (Å²) in [4.78, 5) is 12.6. The molecule has 0 fully saturated rings. The van der Waals surface area contributed by atoms with Crippen LogP contribution in [0.5, 0.6) is 5.75 Å². The molecule has 2 rings (SSSR count). The van der Waals surface area contributed by atoms with Gasteiger partial charge in [0.1, 0.15) is 12.3 Å². The van der Waals surface area contributed by atoms with Crippen molar-refractivity contribution in [2.45, 2.75) is 33.2 Å². The Kier molecular flexibility index (Phi) is 7.45. The first-order chi connectivity index (χ1) is 13.2. The number of nitrogens with zero attached hydrogens (tertiary/aromatic N) is 1. The Morgan fingerprint density at radius 1 is 1.14 bits per heavy atom. The molecule has 7 heteroatoms. The van der Waals surface area contributed by atoms with Crippen molar-refractivity contribution in [1.82, 2.24) is 5.32 Å². The molecule has 0 saturated heterocycles. The van der Waals surface area contributed by atoms with Crippen LogP contribution in [0.2, 0.25) is 0 Å². The molecule has 0 saturated carbocycles. The molecule has 1 N–H and O–H groups in total. The fraction of sp³-hybridized carbons (Fsp3) is 0.381. The maximum Gasteiger partial charge on any atom is 0.241 e. The molecular weight excluding hydrogens is 376 g/mol. The SMILES string of the molecule is CCOc1cccc(N(CC(=O)N[C@H](CC)c2ccc(C)cc2)S(C)(=O)=O)c1. The zero-order chi connectivity index (χ0) is 20.7. The zero-order valence-corrected chi connectivity index (χ0v) is 17.6.